The van der Waals surface area contributed by atoms with Crippen LogP contribution in [0.2, 0.25) is 0 Å². The van der Waals surface area contributed by atoms with Gasteiger partial charge in [-0.25, -0.2) is 9.97 Å². The van der Waals surface area contributed by atoms with Gasteiger partial charge in [0.15, 0.2) is 0 Å². The van der Waals surface area contributed by atoms with Gasteiger partial charge in [0.05, 0.1) is 28.3 Å². The number of aryl methyl sites for hydroxylation is 1. The molecule has 4 aromatic carbocycles. The number of H-pyrrole nitrogens is 2. The number of rotatable bonds is 7. The minimum atomic E-state index is 0.0986. The highest BCUT2D eigenvalue weighted by molar-refractivity contribution is 6.03. The van der Waals surface area contributed by atoms with Crippen LogP contribution in [-0.2, 0) is 6.42 Å². The van der Waals surface area contributed by atoms with Gasteiger partial charge in [0.1, 0.15) is 0 Å². The number of aliphatic hydroxyl groups excluding tert-OH is 1. The second kappa shape index (κ2) is 13.6. The van der Waals surface area contributed by atoms with Crippen LogP contribution in [0.25, 0.3) is 90.9 Å². The number of aromatic amines is 2. The Bertz CT molecular complexity index is 2640. The van der Waals surface area contributed by atoms with Gasteiger partial charge in [-0.3, -0.25) is 0 Å². The SMILES string of the molecule is OCCCc1c(-c2ccccc2)c2[nH]c1cc1nc(c(-c3ccccc3)c3ccc([nH]3)c(-c3ccccc3)c3nc(c2-c2ccccc2)C=C3)C=C1. The topological polar surface area (TPSA) is 77.6 Å². The van der Waals surface area contributed by atoms with Gasteiger partial charge < -0.3 is 15.1 Å². The molecule has 9 rings (SSSR count). The van der Waals surface area contributed by atoms with E-state index in [4.69, 9.17) is 9.97 Å². The third kappa shape index (κ3) is 5.77. The fraction of sp³-hybridized carbons (Fsp3) is 0.0638. The fourth-order valence-electron chi connectivity index (χ4n) is 7.50. The first-order valence-electron chi connectivity index (χ1n) is 17.8. The molecule has 8 bridgehead atoms. The first-order valence-corrected chi connectivity index (χ1v) is 17.8. The Hall–Kier alpha value is -6.56. The van der Waals surface area contributed by atoms with E-state index in [2.05, 4.69) is 150 Å². The van der Waals surface area contributed by atoms with Gasteiger partial charge in [0.2, 0.25) is 0 Å². The molecule has 0 spiro atoms. The molecule has 250 valence electrons. The lowest BCUT2D eigenvalue weighted by Gasteiger charge is -2.09. The summed E-state index contributed by atoms with van der Waals surface area (Å²) in [5.41, 5.74) is 17.0. The van der Waals surface area contributed by atoms with Crippen molar-refractivity contribution in [1.29, 1.82) is 0 Å². The highest BCUT2D eigenvalue weighted by Crippen LogP contribution is 2.41. The summed E-state index contributed by atoms with van der Waals surface area (Å²) < 4.78 is 0. The summed E-state index contributed by atoms with van der Waals surface area (Å²) in [5.74, 6) is 0. The van der Waals surface area contributed by atoms with Crippen molar-refractivity contribution in [1.82, 2.24) is 19.9 Å². The Labute approximate surface area is 302 Å². The zero-order valence-corrected chi connectivity index (χ0v) is 28.6. The molecule has 0 saturated carbocycles. The lowest BCUT2D eigenvalue weighted by molar-refractivity contribution is 0.289. The third-order valence-corrected chi connectivity index (χ3v) is 9.81. The molecule has 0 atom stereocenters. The lowest BCUT2D eigenvalue weighted by atomic mass is 9.94. The molecule has 0 fully saturated rings. The summed E-state index contributed by atoms with van der Waals surface area (Å²) in [6.07, 6.45) is 9.80. The quantitative estimate of drug-likeness (QED) is 0.158. The molecule has 3 aromatic heterocycles. The van der Waals surface area contributed by atoms with Crippen LogP contribution in [-0.4, -0.2) is 31.6 Å². The molecule has 0 saturated heterocycles. The minimum Gasteiger partial charge on any atom is -0.396 e. The number of nitrogens with zero attached hydrogens (tertiary/aromatic N) is 2. The van der Waals surface area contributed by atoms with Gasteiger partial charge in [-0.1, -0.05) is 121 Å². The molecule has 2 aliphatic heterocycles. The summed E-state index contributed by atoms with van der Waals surface area (Å²) in [4.78, 5) is 18.4. The molecule has 0 aliphatic carbocycles. The van der Waals surface area contributed by atoms with Crippen LogP contribution in [0, 0.1) is 0 Å². The predicted octanol–water partition coefficient (Wildman–Crippen LogP) is 11.2. The van der Waals surface area contributed by atoms with Crippen LogP contribution < -0.4 is 0 Å². The van der Waals surface area contributed by atoms with Crippen molar-refractivity contribution in [2.24, 2.45) is 0 Å². The van der Waals surface area contributed by atoms with Gasteiger partial charge in [0.25, 0.3) is 0 Å². The zero-order chi connectivity index (χ0) is 34.9. The Morgan fingerprint density at radius 1 is 0.442 bits per heavy atom. The van der Waals surface area contributed by atoms with Crippen molar-refractivity contribution in [2.45, 2.75) is 12.8 Å². The maximum Gasteiger partial charge on any atom is 0.0737 e. The fourth-order valence-corrected chi connectivity index (χ4v) is 7.50. The molecule has 2 aliphatic rings. The Morgan fingerprint density at radius 2 is 0.904 bits per heavy atom. The summed E-state index contributed by atoms with van der Waals surface area (Å²) in [6.45, 7) is 0.0986. The van der Waals surface area contributed by atoms with Crippen LogP contribution in [0.4, 0.5) is 0 Å². The number of nitrogens with one attached hydrogen (secondary N) is 2. The molecular weight excluding hydrogens is 637 g/mol. The smallest absolute Gasteiger partial charge is 0.0737 e. The molecule has 0 amide bonds. The average Bonchev–Trinajstić information content (AvgIpc) is 4.02. The molecule has 0 unspecified atom stereocenters. The highest BCUT2D eigenvalue weighted by Gasteiger charge is 2.21. The average molecular weight is 673 g/mol. The van der Waals surface area contributed by atoms with Crippen LogP contribution in [0.3, 0.4) is 0 Å². The highest BCUT2D eigenvalue weighted by atomic mass is 16.2. The Kier molecular flexibility index (Phi) is 8.24. The van der Waals surface area contributed by atoms with E-state index in [-0.39, 0.29) is 6.61 Å². The van der Waals surface area contributed by atoms with Gasteiger partial charge in [-0.05, 0) is 83.2 Å². The molecule has 7 aromatic rings. The van der Waals surface area contributed by atoms with Gasteiger partial charge in [0, 0.05) is 45.4 Å². The number of fused-ring (bicyclic) bond motifs is 8. The summed E-state index contributed by atoms with van der Waals surface area (Å²) >= 11 is 0. The normalized spacial score (nSPS) is 12.0. The molecular formula is C47H36N4O. The maximum atomic E-state index is 10.1. The third-order valence-electron chi connectivity index (χ3n) is 9.81. The lowest BCUT2D eigenvalue weighted by Crippen LogP contribution is -1.92. The molecule has 5 nitrogen and oxygen atoms in total. The maximum absolute atomic E-state index is 10.1. The van der Waals surface area contributed by atoms with E-state index >= 15 is 0 Å². The van der Waals surface area contributed by atoms with E-state index in [1.54, 1.807) is 0 Å². The first-order chi connectivity index (χ1) is 25.7. The first kappa shape index (κ1) is 31.4. The van der Waals surface area contributed by atoms with E-state index in [0.29, 0.717) is 12.8 Å². The summed E-state index contributed by atoms with van der Waals surface area (Å²) in [5, 5.41) is 10.1. The van der Waals surface area contributed by atoms with Crippen molar-refractivity contribution in [2.75, 3.05) is 6.61 Å². The number of hydrogen-bond acceptors (Lipinski definition) is 3. The molecule has 3 N–H and O–H groups in total. The molecule has 5 heteroatoms. The van der Waals surface area contributed by atoms with Crippen molar-refractivity contribution in [3.8, 4) is 44.5 Å². The van der Waals surface area contributed by atoms with Crippen molar-refractivity contribution in [3.63, 3.8) is 0 Å². The second-order valence-corrected chi connectivity index (χ2v) is 13.1. The van der Waals surface area contributed by atoms with Gasteiger partial charge in [-0.2, -0.15) is 0 Å². The zero-order valence-electron chi connectivity index (χ0n) is 28.6. The Balaban J connectivity index is 1.51. The Morgan fingerprint density at radius 3 is 1.44 bits per heavy atom. The van der Waals surface area contributed by atoms with E-state index in [9.17, 15) is 5.11 Å². The molecule has 0 radical (unpaired) electrons. The van der Waals surface area contributed by atoms with Crippen molar-refractivity contribution >= 4 is 46.4 Å². The predicted molar refractivity (Wildman–Crippen MR) is 216 cm³/mol. The largest absolute Gasteiger partial charge is 0.396 e. The number of benzene rings is 4. The van der Waals surface area contributed by atoms with Crippen LogP contribution in [0.5, 0.6) is 0 Å². The van der Waals surface area contributed by atoms with E-state index in [1.165, 1.54) is 0 Å². The summed E-state index contributed by atoms with van der Waals surface area (Å²) in [6, 6.07) is 48.4. The standard InChI is InChI=1S/C47H36N4O/c52-29-13-22-36-42-30-35-23-24-37(48-35)44(32-16-7-2-8-17-32)38-25-26-39(49-38)45(33-18-9-3-10-19-33)40-27-28-41(50-40)46(34-20-11-4-12-21-34)47(51-42)43(36)31-14-5-1-6-15-31/h1-12,14-21,23-28,30,49,51-52H,13,22,29H2. The summed E-state index contributed by atoms with van der Waals surface area (Å²) in [7, 11) is 0. The number of aliphatic hydroxyl groups is 1. The monoisotopic (exact) mass is 672 g/mol. The van der Waals surface area contributed by atoms with Crippen molar-refractivity contribution < 1.29 is 5.11 Å². The number of aromatic nitrogens is 4. The van der Waals surface area contributed by atoms with Gasteiger partial charge >= 0.3 is 0 Å². The minimum absolute atomic E-state index is 0.0986. The van der Waals surface area contributed by atoms with Gasteiger partial charge in [-0.15, -0.1) is 0 Å². The van der Waals surface area contributed by atoms with Crippen LogP contribution >= 0.6 is 0 Å². The van der Waals surface area contributed by atoms with Crippen LogP contribution in [0.1, 0.15) is 34.8 Å². The van der Waals surface area contributed by atoms with E-state index in [1.807, 2.05) is 24.3 Å². The van der Waals surface area contributed by atoms with Crippen molar-refractivity contribution in [3.05, 3.63) is 168 Å². The molecule has 5 heterocycles. The van der Waals surface area contributed by atoms with E-state index in [0.717, 1.165) is 94.9 Å². The van der Waals surface area contributed by atoms with E-state index < -0.39 is 0 Å². The van der Waals surface area contributed by atoms with Crippen LogP contribution in [0.15, 0.2) is 140 Å². The molecule has 52 heavy (non-hydrogen) atoms. The number of hydrogen-bond donors (Lipinski definition) is 3. The second-order valence-electron chi connectivity index (χ2n) is 13.1.